The summed E-state index contributed by atoms with van der Waals surface area (Å²) in [5, 5.41) is 15.6. The summed E-state index contributed by atoms with van der Waals surface area (Å²) < 4.78 is 4.19. The topological polar surface area (TPSA) is 91.1 Å². The van der Waals surface area contributed by atoms with Crippen molar-refractivity contribution in [1.82, 2.24) is 24.4 Å². The molecule has 3 aromatic carbocycles. The number of fused-ring (bicyclic) bond motifs is 3. The third-order valence-electron chi connectivity index (χ3n) is 7.67. The molecule has 4 heterocycles. The van der Waals surface area contributed by atoms with Gasteiger partial charge in [-0.25, -0.2) is 4.98 Å². The second-order valence-corrected chi connectivity index (χ2v) is 10.3. The van der Waals surface area contributed by atoms with Crippen molar-refractivity contribution in [3.05, 3.63) is 114 Å². The van der Waals surface area contributed by atoms with E-state index in [2.05, 4.69) is 74.4 Å². The Bertz CT molecular complexity index is 1880. The highest BCUT2D eigenvalue weighted by Crippen LogP contribution is 2.39. The summed E-state index contributed by atoms with van der Waals surface area (Å²) in [5.74, 6) is 0.0227. The van der Waals surface area contributed by atoms with Crippen molar-refractivity contribution in [2.75, 3.05) is 11.9 Å². The van der Waals surface area contributed by atoms with Crippen LogP contribution in [-0.2, 0) is 20.1 Å². The molecule has 0 bridgehead atoms. The number of aromatic hydroxyl groups is 1. The Kier molecular flexibility index (Phi) is 5.23. The minimum atomic E-state index is -0.350. The smallest absolute Gasteiger partial charge is 0.252 e. The number of phenolic OH excluding ortho intramolecular Hbond substituents is 1. The number of hydrogen-bond donors (Lipinski definition) is 3. The van der Waals surface area contributed by atoms with Crippen molar-refractivity contribution in [1.29, 1.82) is 0 Å². The largest absolute Gasteiger partial charge is 0.508 e. The van der Waals surface area contributed by atoms with E-state index in [-0.39, 0.29) is 17.7 Å². The fourth-order valence-electron chi connectivity index (χ4n) is 5.78. The van der Waals surface area contributed by atoms with Gasteiger partial charge >= 0.3 is 0 Å². The number of anilines is 1. The average molecular weight is 517 g/mol. The van der Waals surface area contributed by atoms with Crippen LogP contribution in [0.3, 0.4) is 0 Å². The highest BCUT2D eigenvalue weighted by molar-refractivity contribution is 6.01. The van der Waals surface area contributed by atoms with E-state index in [1.54, 1.807) is 18.2 Å². The summed E-state index contributed by atoms with van der Waals surface area (Å²) in [6, 6.07) is 21.4. The first kappa shape index (κ1) is 23.2. The lowest BCUT2D eigenvalue weighted by molar-refractivity contribution is 0.0960. The summed E-state index contributed by atoms with van der Waals surface area (Å²) in [6.07, 6.45) is 5.97. The van der Waals surface area contributed by atoms with Crippen LogP contribution >= 0.6 is 0 Å². The first-order valence-electron chi connectivity index (χ1n) is 12.9. The third kappa shape index (κ3) is 3.92. The number of nitrogens with zero attached hydrogens (tertiary/aromatic N) is 4. The summed E-state index contributed by atoms with van der Waals surface area (Å²) in [4.78, 5) is 23.1. The number of carbonyl (C=O) groups excluding carboxylic acids is 1. The molecule has 1 aliphatic rings. The van der Waals surface area contributed by atoms with Gasteiger partial charge in [-0.15, -0.1) is 0 Å². The number of imidazole rings is 1. The summed E-state index contributed by atoms with van der Waals surface area (Å²) in [5.41, 5.74) is 7.69. The minimum Gasteiger partial charge on any atom is -0.508 e. The van der Waals surface area contributed by atoms with Crippen molar-refractivity contribution in [2.45, 2.75) is 19.1 Å². The molecule has 0 saturated heterocycles. The van der Waals surface area contributed by atoms with Gasteiger partial charge in [0.1, 0.15) is 5.75 Å². The second kappa shape index (κ2) is 8.80. The molecule has 7 rings (SSSR count). The molecule has 3 aromatic heterocycles. The van der Waals surface area contributed by atoms with E-state index in [9.17, 15) is 9.90 Å². The zero-order chi connectivity index (χ0) is 26.7. The van der Waals surface area contributed by atoms with Gasteiger partial charge in [0.15, 0.2) is 0 Å². The molecule has 8 heteroatoms. The lowest BCUT2D eigenvalue weighted by Gasteiger charge is -2.22. The van der Waals surface area contributed by atoms with Crippen LogP contribution in [0.15, 0.2) is 85.5 Å². The van der Waals surface area contributed by atoms with Crippen LogP contribution < -0.4 is 10.2 Å². The van der Waals surface area contributed by atoms with Crippen LogP contribution in [0.1, 0.15) is 38.9 Å². The van der Waals surface area contributed by atoms with E-state index < -0.39 is 0 Å². The van der Waals surface area contributed by atoms with Crippen LogP contribution in [0.25, 0.3) is 21.8 Å². The number of rotatable bonds is 6. The van der Waals surface area contributed by atoms with E-state index in [0.717, 1.165) is 44.6 Å². The molecule has 1 amide bonds. The van der Waals surface area contributed by atoms with Crippen molar-refractivity contribution in [3.63, 3.8) is 0 Å². The number of nitrogens with one attached hydrogen (secondary N) is 2. The number of carbonyl (C=O) groups is 1. The first-order valence-corrected chi connectivity index (χ1v) is 12.9. The van der Waals surface area contributed by atoms with Gasteiger partial charge in [-0.1, -0.05) is 24.3 Å². The van der Waals surface area contributed by atoms with Gasteiger partial charge in [0.25, 0.3) is 5.91 Å². The van der Waals surface area contributed by atoms with Crippen molar-refractivity contribution in [3.8, 4) is 5.75 Å². The molecular weight excluding hydrogens is 488 g/mol. The molecule has 0 unspecified atom stereocenters. The van der Waals surface area contributed by atoms with Crippen LogP contribution in [0.4, 0.5) is 5.69 Å². The zero-order valence-electron chi connectivity index (χ0n) is 21.7. The maximum atomic E-state index is 12.8. The molecule has 39 heavy (non-hydrogen) atoms. The molecule has 194 valence electrons. The fourth-order valence-corrected chi connectivity index (χ4v) is 5.78. The molecule has 6 aromatic rings. The molecule has 0 fully saturated rings. The SMILES string of the molecule is CN(Cc1[nH]c2ccccc2c1[C@H]1NC(=O)c2ccc(O)cc21)c1ccc2ccn(Cc3cn(C)cn3)c2c1. The number of H-pyrrole nitrogens is 1. The number of hydrogen-bond acceptors (Lipinski definition) is 4. The van der Waals surface area contributed by atoms with Gasteiger partial charge in [0, 0.05) is 59.9 Å². The van der Waals surface area contributed by atoms with Crippen molar-refractivity contribution in [2.24, 2.45) is 7.05 Å². The number of benzene rings is 3. The third-order valence-corrected chi connectivity index (χ3v) is 7.67. The number of phenols is 1. The highest BCUT2D eigenvalue weighted by Gasteiger charge is 2.33. The number of aryl methyl sites for hydroxylation is 1. The van der Waals surface area contributed by atoms with Gasteiger partial charge in [0.05, 0.1) is 36.7 Å². The molecule has 0 aliphatic carbocycles. The lowest BCUT2D eigenvalue weighted by Crippen LogP contribution is -2.23. The van der Waals surface area contributed by atoms with E-state index >= 15 is 0 Å². The minimum absolute atomic E-state index is 0.126. The highest BCUT2D eigenvalue weighted by atomic mass is 16.3. The van der Waals surface area contributed by atoms with Gasteiger partial charge in [-0.05, 0) is 53.4 Å². The van der Waals surface area contributed by atoms with E-state index in [1.807, 2.05) is 36.3 Å². The monoisotopic (exact) mass is 516 g/mol. The maximum absolute atomic E-state index is 12.8. The van der Waals surface area contributed by atoms with Crippen LogP contribution in [0.2, 0.25) is 0 Å². The molecule has 0 radical (unpaired) electrons. The van der Waals surface area contributed by atoms with Crippen molar-refractivity contribution >= 4 is 33.4 Å². The molecule has 3 N–H and O–H groups in total. The Morgan fingerprint density at radius 3 is 2.79 bits per heavy atom. The van der Waals surface area contributed by atoms with E-state index in [0.29, 0.717) is 18.7 Å². The predicted octanol–water partition coefficient (Wildman–Crippen LogP) is 5.08. The zero-order valence-corrected chi connectivity index (χ0v) is 21.7. The Morgan fingerprint density at radius 1 is 1.08 bits per heavy atom. The normalized spacial score (nSPS) is 14.7. The quantitative estimate of drug-likeness (QED) is 0.288. The molecule has 0 spiro atoms. The Labute approximate surface area is 225 Å². The molecule has 8 nitrogen and oxygen atoms in total. The number of aromatic amines is 1. The Morgan fingerprint density at radius 2 is 1.95 bits per heavy atom. The Hall–Kier alpha value is -4.98. The number of para-hydroxylation sites is 1. The standard InChI is InChI=1S/C31H28N6O2/c1-35-15-20(32-18-35)16-37-12-11-19-7-8-21(13-28(19)37)36(2)17-27-29(24-5-3-4-6-26(24)33-27)30-25-14-22(38)9-10-23(25)31(39)34-30/h3-15,18,30,33,38H,16-17H2,1-2H3,(H,34,39)/t30-/m0/s1. The van der Waals surface area contributed by atoms with Crippen LogP contribution in [0, 0.1) is 0 Å². The maximum Gasteiger partial charge on any atom is 0.252 e. The number of amides is 1. The first-order chi connectivity index (χ1) is 18.9. The summed E-state index contributed by atoms with van der Waals surface area (Å²) in [7, 11) is 4.06. The molecular formula is C31H28N6O2. The van der Waals surface area contributed by atoms with Gasteiger partial charge < -0.3 is 29.4 Å². The van der Waals surface area contributed by atoms with Crippen LogP contribution in [0.5, 0.6) is 5.75 Å². The van der Waals surface area contributed by atoms with Gasteiger partial charge in [-0.2, -0.15) is 0 Å². The fraction of sp³-hybridized carbons (Fsp3) is 0.161. The molecule has 0 saturated carbocycles. The summed E-state index contributed by atoms with van der Waals surface area (Å²) >= 11 is 0. The average Bonchev–Trinajstić information content (AvgIpc) is 3.69. The molecule has 1 aliphatic heterocycles. The van der Waals surface area contributed by atoms with Gasteiger partial charge in [0.2, 0.25) is 0 Å². The van der Waals surface area contributed by atoms with Crippen LogP contribution in [-0.4, -0.2) is 37.2 Å². The number of aromatic nitrogens is 4. The van der Waals surface area contributed by atoms with E-state index in [1.165, 1.54) is 5.39 Å². The lowest BCUT2D eigenvalue weighted by atomic mass is 9.95. The Balaban J connectivity index is 1.26. The van der Waals surface area contributed by atoms with E-state index in [4.69, 9.17) is 0 Å². The van der Waals surface area contributed by atoms with Crippen molar-refractivity contribution < 1.29 is 9.90 Å². The molecule has 1 atom stereocenters. The summed E-state index contributed by atoms with van der Waals surface area (Å²) in [6.45, 7) is 1.31. The predicted molar refractivity (Wildman–Crippen MR) is 152 cm³/mol. The second-order valence-electron chi connectivity index (χ2n) is 10.3. The van der Waals surface area contributed by atoms with Gasteiger partial charge in [-0.3, -0.25) is 4.79 Å².